The van der Waals surface area contributed by atoms with Gasteiger partial charge in [0.2, 0.25) is 0 Å². The molecule has 0 bridgehead atoms. The van der Waals surface area contributed by atoms with Gasteiger partial charge in [-0.3, -0.25) is 5.73 Å². The number of rotatable bonds is 3. The van der Waals surface area contributed by atoms with Crippen LogP contribution >= 0.6 is 0 Å². The molecule has 24 heavy (non-hydrogen) atoms. The van der Waals surface area contributed by atoms with E-state index in [2.05, 4.69) is 0 Å². The smallest absolute Gasteiger partial charge is 0.366 e. The molecular weight excluding hydrogens is 310 g/mol. The first-order valence-electron chi connectivity index (χ1n) is 8.08. The third-order valence-corrected chi connectivity index (χ3v) is 3.78. The van der Waals surface area contributed by atoms with E-state index in [1.54, 1.807) is 40.7 Å². The van der Waals surface area contributed by atoms with Gasteiger partial charge in [0.05, 0.1) is 12.2 Å². The van der Waals surface area contributed by atoms with Crippen molar-refractivity contribution in [3.8, 4) is 5.75 Å². The predicted molar refractivity (Wildman–Crippen MR) is 88.8 cm³/mol. The van der Waals surface area contributed by atoms with Gasteiger partial charge in [0.1, 0.15) is 11.4 Å². The fraction of sp³-hybridized carbons (Fsp3) is 0.556. The third kappa shape index (κ3) is 3.70. The van der Waals surface area contributed by atoms with E-state index >= 15 is 0 Å². The van der Waals surface area contributed by atoms with Crippen molar-refractivity contribution in [1.29, 1.82) is 0 Å². The van der Waals surface area contributed by atoms with Gasteiger partial charge in [0.25, 0.3) is 5.72 Å². The molecule has 6 nitrogen and oxygen atoms in total. The van der Waals surface area contributed by atoms with Crippen LogP contribution in [0.5, 0.6) is 5.75 Å². The van der Waals surface area contributed by atoms with Gasteiger partial charge in [0.15, 0.2) is 0 Å². The van der Waals surface area contributed by atoms with Crippen molar-refractivity contribution in [2.24, 2.45) is 5.73 Å². The number of carbonyl (C=O) groups excluding carboxylic acids is 2. The average molecular weight is 335 g/mol. The molecule has 0 radical (unpaired) electrons. The second-order valence-electron chi connectivity index (χ2n) is 6.94. The summed E-state index contributed by atoms with van der Waals surface area (Å²) in [5, 5.41) is 0. The molecule has 1 aromatic carbocycles. The van der Waals surface area contributed by atoms with Gasteiger partial charge < -0.3 is 14.2 Å². The van der Waals surface area contributed by atoms with E-state index in [0.29, 0.717) is 29.7 Å². The molecule has 6 heteroatoms. The summed E-state index contributed by atoms with van der Waals surface area (Å²) in [4.78, 5) is 24.4. The molecule has 1 atom stereocenters. The largest absolute Gasteiger partial charge is 0.462 e. The molecule has 0 saturated carbocycles. The van der Waals surface area contributed by atoms with Crippen LogP contribution in [0.15, 0.2) is 12.1 Å². The predicted octanol–water partition coefficient (Wildman–Crippen LogP) is 2.49. The van der Waals surface area contributed by atoms with Crippen molar-refractivity contribution < 1.29 is 23.8 Å². The molecular formula is C18H25NO5. The molecule has 0 aliphatic carbocycles. The minimum atomic E-state index is -1.53. The van der Waals surface area contributed by atoms with Gasteiger partial charge in [-0.05, 0) is 52.7 Å². The maximum absolute atomic E-state index is 12.4. The van der Waals surface area contributed by atoms with Gasteiger partial charge in [0, 0.05) is 12.0 Å². The first kappa shape index (κ1) is 18.3. The zero-order valence-corrected chi connectivity index (χ0v) is 14.9. The standard InChI is InChI=1S/C18H25NO5/c1-6-22-16(21)18(19)10-9-12-7-8-13(11(2)14(12)23-18)15(20)24-17(3,4)5/h7-8H,6,9-10,19H2,1-5H3. The Morgan fingerprint density at radius 3 is 2.58 bits per heavy atom. The second kappa shape index (κ2) is 6.43. The number of hydrogen-bond donors (Lipinski definition) is 1. The minimum absolute atomic E-state index is 0.227. The van der Waals surface area contributed by atoms with Crippen LogP contribution in [-0.4, -0.2) is 29.9 Å². The molecule has 1 aliphatic rings. The van der Waals surface area contributed by atoms with E-state index in [0.717, 1.165) is 5.56 Å². The van der Waals surface area contributed by atoms with Gasteiger partial charge in [-0.2, -0.15) is 0 Å². The summed E-state index contributed by atoms with van der Waals surface area (Å²) in [6.07, 6.45) is 0.893. The molecule has 1 aliphatic heterocycles. The fourth-order valence-corrected chi connectivity index (χ4v) is 2.59. The Hall–Kier alpha value is -2.08. The summed E-state index contributed by atoms with van der Waals surface area (Å²) in [7, 11) is 0. The van der Waals surface area contributed by atoms with Crippen molar-refractivity contribution >= 4 is 11.9 Å². The molecule has 1 unspecified atom stereocenters. The van der Waals surface area contributed by atoms with Crippen molar-refractivity contribution in [1.82, 2.24) is 0 Å². The highest BCUT2D eigenvalue weighted by atomic mass is 16.6. The monoisotopic (exact) mass is 335 g/mol. The van der Waals surface area contributed by atoms with E-state index in [1.807, 2.05) is 6.07 Å². The topological polar surface area (TPSA) is 87.9 Å². The van der Waals surface area contributed by atoms with Crippen LogP contribution in [-0.2, 0) is 20.7 Å². The molecule has 2 rings (SSSR count). The number of ether oxygens (including phenoxy) is 3. The molecule has 0 spiro atoms. The molecule has 0 aromatic heterocycles. The van der Waals surface area contributed by atoms with E-state index in [9.17, 15) is 9.59 Å². The Bertz CT molecular complexity index is 662. The summed E-state index contributed by atoms with van der Waals surface area (Å²) in [5.41, 5.74) is 5.88. The van der Waals surface area contributed by atoms with E-state index in [-0.39, 0.29) is 6.61 Å². The van der Waals surface area contributed by atoms with Crippen LogP contribution in [0.3, 0.4) is 0 Å². The zero-order chi connectivity index (χ0) is 18.1. The number of fused-ring (bicyclic) bond motifs is 1. The van der Waals surface area contributed by atoms with Crippen molar-refractivity contribution in [3.63, 3.8) is 0 Å². The van der Waals surface area contributed by atoms with Gasteiger partial charge in [-0.15, -0.1) is 0 Å². The van der Waals surface area contributed by atoms with Gasteiger partial charge >= 0.3 is 11.9 Å². The number of hydrogen-bond acceptors (Lipinski definition) is 6. The lowest BCUT2D eigenvalue weighted by Gasteiger charge is -2.34. The zero-order valence-electron chi connectivity index (χ0n) is 14.9. The Morgan fingerprint density at radius 2 is 2.00 bits per heavy atom. The number of nitrogens with two attached hydrogens (primary N) is 1. The molecule has 1 aromatic rings. The summed E-state index contributed by atoms with van der Waals surface area (Å²) >= 11 is 0. The Balaban J connectivity index is 2.35. The third-order valence-electron chi connectivity index (χ3n) is 3.78. The Labute approximate surface area is 142 Å². The number of carbonyl (C=O) groups is 2. The normalized spacial score (nSPS) is 19.9. The van der Waals surface area contributed by atoms with E-state index < -0.39 is 23.3 Å². The maximum atomic E-state index is 12.4. The summed E-state index contributed by atoms with van der Waals surface area (Å²) < 4.78 is 16.2. The van der Waals surface area contributed by atoms with Gasteiger partial charge in [-0.25, -0.2) is 9.59 Å². The van der Waals surface area contributed by atoms with E-state index in [1.165, 1.54) is 0 Å². The Morgan fingerprint density at radius 1 is 1.33 bits per heavy atom. The first-order chi connectivity index (χ1) is 11.1. The highest BCUT2D eigenvalue weighted by Gasteiger charge is 2.42. The second-order valence-corrected chi connectivity index (χ2v) is 6.94. The first-order valence-corrected chi connectivity index (χ1v) is 8.08. The SMILES string of the molecule is CCOC(=O)C1(N)CCc2ccc(C(=O)OC(C)(C)C)c(C)c2O1. The van der Waals surface area contributed by atoms with Gasteiger partial charge in [-0.1, -0.05) is 6.07 Å². The van der Waals surface area contributed by atoms with Crippen molar-refractivity contribution in [2.45, 2.75) is 58.8 Å². The van der Waals surface area contributed by atoms with Crippen LogP contribution < -0.4 is 10.5 Å². The lowest BCUT2D eigenvalue weighted by Crippen LogP contribution is -2.56. The van der Waals surface area contributed by atoms with E-state index in [4.69, 9.17) is 19.9 Å². The average Bonchev–Trinajstić information content (AvgIpc) is 2.46. The highest BCUT2D eigenvalue weighted by molar-refractivity contribution is 5.92. The molecule has 2 N–H and O–H groups in total. The molecule has 0 fully saturated rings. The summed E-state index contributed by atoms with van der Waals surface area (Å²) in [6, 6.07) is 3.53. The van der Waals surface area contributed by atoms with Crippen LogP contribution in [0.2, 0.25) is 0 Å². The van der Waals surface area contributed by atoms with Crippen LogP contribution in [0.25, 0.3) is 0 Å². The Kier molecular flexibility index (Phi) is 4.90. The highest BCUT2D eigenvalue weighted by Crippen LogP contribution is 2.36. The number of esters is 2. The molecule has 1 heterocycles. The minimum Gasteiger partial charge on any atom is -0.462 e. The lowest BCUT2D eigenvalue weighted by molar-refractivity contribution is -0.163. The maximum Gasteiger partial charge on any atom is 0.366 e. The summed E-state index contributed by atoms with van der Waals surface area (Å²) in [6.45, 7) is 9.12. The van der Waals surface area contributed by atoms with Crippen LogP contribution in [0, 0.1) is 6.92 Å². The molecule has 0 saturated heterocycles. The summed E-state index contributed by atoms with van der Waals surface area (Å²) in [5.74, 6) is -0.575. The number of aryl methyl sites for hydroxylation is 1. The number of benzene rings is 1. The van der Waals surface area contributed by atoms with Crippen molar-refractivity contribution in [2.75, 3.05) is 6.61 Å². The van der Waals surface area contributed by atoms with Crippen LogP contribution in [0.1, 0.15) is 55.6 Å². The molecule has 132 valence electrons. The van der Waals surface area contributed by atoms with Crippen molar-refractivity contribution in [3.05, 3.63) is 28.8 Å². The fourth-order valence-electron chi connectivity index (χ4n) is 2.59. The molecule has 0 amide bonds. The quantitative estimate of drug-likeness (QED) is 0.854. The van der Waals surface area contributed by atoms with Crippen LogP contribution in [0.4, 0.5) is 0 Å². The lowest BCUT2D eigenvalue weighted by atomic mass is 9.94.